The summed E-state index contributed by atoms with van der Waals surface area (Å²) in [5.74, 6) is -0.170. The zero-order valence-electron chi connectivity index (χ0n) is 20.7. The molecule has 1 atom stereocenters. The maximum absolute atomic E-state index is 13.1. The molecule has 2 aromatic carbocycles. The Morgan fingerprint density at radius 2 is 1.66 bits per heavy atom. The van der Waals surface area contributed by atoms with Gasteiger partial charge in [-0.15, -0.1) is 0 Å². The Morgan fingerprint density at radius 3 is 2.26 bits per heavy atom. The smallest absolute Gasteiger partial charge is 0.410 e. The number of carbonyl (C=O) groups excluding carboxylic acids is 1. The summed E-state index contributed by atoms with van der Waals surface area (Å²) in [5, 5.41) is 9.23. The van der Waals surface area contributed by atoms with E-state index in [0.717, 1.165) is 18.4 Å². The van der Waals surface area contributed by atoms with Gasteiger partial charge >= 0.3 is 12.1 Å². The average Bonchev–Trinajstić information content (AvgIpc) is 2.83. The number of carboxylic acids is 1. The molecular weight excluding hydrogens is 453 g/mol. The van der Waals surface area contributed by atoms with E-state index in [0.29, 0.717) is 36.9 Å². The first-order valence-corrected chi connectivity index (χ1v) is 12.0. The van der Waals surface area contributed by atoms with Crippen LogP contribution in [-0.4, -0.2) is 54.5 Å². The van der Waals surface area contributed by atoms with E-state index in [2.05, 4.69) is 13.8 Å². The Morgan fingerprint density at radius 1 is 1.00 bits per heavy atom. The molecule has 0 bridgehead atoms. The van der Waals surface area contributed by atoms with Crippen LogP contribution in [0.3, 0.4) is 0 Å². The first kappa shape index (κ1) is 28.1. The fourth-order valence-corrected chi connectivity index (χ4v) is 3.43. The fraction of sp³-hybridized carbons (Fsp3) is 0.481. The Labute approximate surface area is 206 Å². The number of halogens is 1. The summed E-state index contributed by atoms with van der Waals surface area (Å²) >= 11 is 0. The van der Waals surface area contributed by atoms with E-state index in [1.807, 2.05) is 12.1 Å². The minimum Gasteiger partial charge on any atom is -0.492 e. The fourth-order valence-electron chi connectivity index (χ4n) is 3.43. The van der Waals surface area contributed by atoms with Crippen LogP contribution in [0.2, 0.25) is 0 Å². The van der Waals surface area contributed by atoms with Gasteiger partial charge in [0.25, 0.3) is 0 Å². The number of hydrogen-bond donors (Lipinski definition) is 1. The highest BCUT2D eigenvalue weighted by Crippen LogP contribution is 2.15. The van der Waals surface area contributed by atoms with Crippen molar-refractivity contribution in [3.63, 3.8) is 0 Å². The standard InChI is InChI=1S/C27H36FNO6/c1-4-33-25(26(30)31)18-21-9-13-24(14-10-21)34-17-16-29(15-5-6-20(2)3)27(32)35-19-22-7-11-23(28)12-8-22/h7-14,20,25H,4-6,15-19H2,1-3H3,(H,30,31). The summed E-state index contributed by atoms with van der Waals surface area (Å²) < 4.78 is 29.6. The number of hydrogen-bond acceptors (Lipinski definition) is 5. The molecule has 2 aromatic rings. The van der Waals surface area contributed by atoms with Gasteiger partial charge in [-0.2, -0.15) is 0 Å². The first-order chi connectivity index (χ1) is 16.8. The van der Waals surface area contributed by atoms with Gasteiger partial charge < -0.3 is 24.2 Å². The van der Waals surface area contributed by atoms with Crippen LogP contribution in [0, 0.1) is 11.7 Å². The van der Waals surface area contributed by atoms with E-state index < -0.39 is 18.2 Å². The van der Waals surface area contributed by atoms with Crippen LogP contribution >= 0.6 is 0 Å². The number of amides is 1. The third-order valence-electron chi connectivity index (χ3n) is 5.36. The van der Waals surface area contributed by atoms with Gasteiger partial charge in [-0.1, -0.05) is 38.1 Å². The molecule has 0 fully saturated rings. The third kappa shape index (κ3) is 10.8. The van der Waals surface area contributed by atoms with Crippen LogP contribution in [0.25, 0.3) is 0 Å². The van der Waals surface area contributed by atoms with Crippen LogP contribution in [0.15, 0.2) is 48.5 Å². The molecule has 0 aliphatic heterocycles. The van der Waals surface area contributed by atoms with Crippen LogP contribution in [0.1, 0.15) is 44.7 Å². The van der Waals surface area contributed by atoms with E-state index in [9.17, 15) is 19.1 Å². The quantitative estimate of drug-likeness (QED) is 0.365. The van der Waals surface area contributed by atoms with Crippen molar-refractivity contribution in [1.29, 1.82) is 0 Å². The van der Waals surface area contributed by atoms with Crippen LogP contribution in [-0.2, 0) is 27.3 Å². The lowest BCUT2D eigenvalue weighted by atomic mass is 10.1. The molecular formula is C27H36FNO6. The van der Waals surface area contributed by atoms with Gasteiger partial charge in [-0.05, 0) is 61.1 Å². The highest BCUT2D eigenvalue weighted by Gasteiger charge is 2.18. The van der Waals surface area contributed by atoms with Crippen molar-refractivity contribution in [1.82, 2.24) is 4.90 Å². The van der Waals surface area contributed by atoms with E-state index >= 15 is 0 Å². The lowest BCUT2D eigenvalue weighted by Gasteiger charge is -2.23. The molecule has 1 N–H and O–H groups in total. The zero-order chi connectivity index (χ0) is 25.6. The SMILES string of the molecule is CCOC(Cc1ccc(OCCN(CCCC(C)C)C(=O)OCc2ccc(F)cc2)cc1)C(=O)O. The summed E-state index contributed by atoms with van der Waals surface area (Å²) in [6.07, 6.45) is 0.790. The molecule has 8 heteroatoms. The summed E-state index contributed by atoms with van der Waals surface area (Å²) in [7, 11) is 0. The lowest BCUT2D eigenvalue weighted by molar-refractivity contribution is -0.149. The van der Waals surface area contributed by atoms with Crippen LogP contribution in [0.4, 0.5) is 9.18 Å². The normalized spacial score (nSPS) is 11.8. The number of nitrogens with zero attached hydrogens (tertiary/aromatic N) is 1. The topological polar surface area (TPSA) is 85.3 Å². The van der Waals surface area contributed by atoms with E-state index in [1.54, 1.807) is 36.1 Å². The molecule has 1 unspecified atom stereocenters. The van der Waals surface area contributed by atoms with E-state index in [4.69, 9.17) is 14.2 Å². The number of carbonyl (C=O) groups is 2. The Balaban J connectivity index is 1.87. The summed E-state index contributed by atoms with van der Waals surface area (Å²) in [6.45, 7) is 7.62. The lowest BCUT2D eigenvalue weighted by Crippen LogP contribution is -2.36. The van der Waals surface area contributed by atoms with Crippen LogP contribution < -0.4 is 4.74 Å². The van der Waals surface area contributed by atoms with Gasteiger partial charge in [0.2, 0.25) is 0 Å². The number of rotatable bonds is 15. The average molecular weight is 490 g/mol. The molecule has 0 aromatic heterocycles. The third-order valence-corrected chi connectivity index (χ3v) is 5.36. The molecule has 0 saturated heterocycles. The first-order valence-electron chi connectivity index (χ1n) is 12.0. The molecule has 0 radical (unpaired) electrons. The van der Waals surface area contributed by atoms with Crippen molar-refractivity contribution < 1.29 is 33.3 Å². The molecule has 2 rings (SSSR count). The zero-order valence-corrected chi connectivity index (χ0v) is 20.7. The molecule has 0 heterocycles. The monoisotopic (exact) mass is 489 g/mol. The van der Waals surface area contributed by atoms with Crippen molar-refractivity contribution in [2.24, 2.45) is 5.92 Å². The van der Waals surface area contributed by atoms with Gasteiger partial charge in [0.1, 0.15) is 24.8 Å². The Bertz CT molecular complexity index is 901. The molecule has 0 spiro atoms. The van der Waals surface area contributed by atoms with Crippen LogP contribution in [0.5, 0.6) is 5.75 Å². The molecule has 7 nitrogen and oxygen atoms in total. The molecule has 35 heavy (non-hydrogen) atoms. The second-order valence-corrected chi connectivity index (χ2v) is 8.68. The van der Waals surface area contributed by atoms with Gasteiger partial charge in [0.15, 0.2) is 6.10 Å². The molecule has 1 amide bonds. The summed E-state index contributed by atoms with van der Waals surface area (Å²) in [5.41, 5.74) is 1.55. The number of aliphatic carboxylic acids is 1. The largest absolute Gasteiger partial charge is 0.492 e. The highest BCUT2D eigenvalue weighted by atomic mass is 19.1. The minimum atomic E-state index is -0.990. The van der Waals surface area contributed by atoms with Gasteiger partial charge in [0, 0.05) is 19.6 Å². The van der Waals surface area contributed by atoms with Gasteiger partial charge in [0.05, 0.1) is 6.54 Å². The number of carboxylic acid groups (broad SMARTS) is 1. The summed E-state index contributed by atoms with van der Waals surface area (Å²) in [6, 6.07) is 13.0. The maximum atomic E-state index is 13.1. The van der Waals surface area contributed by atoms with Gasteiger partial charge in [-0.3, -0.25) is 0 Å². The second kappa shape index (κ2) is 15.0. The van der Waals surface area contributed by atoms with Crippen molar-refractivity contribution in [2.75, 3.05) is 26.3 Å². The minimum absolute atomic E-state index is 0.0706. The Kier molecular flexibility index (Phi) is 12.0. The van der Waals surface area contributed by atoms with Crippen molar-refractivity contribution >= 4 is 12.1 Å². The molecule has 0 aliphatic rings. The van der Waals surface area contributed by atoms with Crippen molar-refractivity contribution in [3.05, 3.63) is 65.5 Å². The van der Waals surface area contributed by atoms with E-state index in [1.165, 1.54) is 12.1 Å². The van der Waals surface area contributed by atoms with Crippen molar-refractivity contribution in [3.8, 4) is 5.75 Å². The number of ether oxygens (including phenoxy) is 3. The molecule has 0 saturated carbocycles. The number of benzene rings is 2. The Hall–Kier alpha value is -3.13. The maximum Gasteiger partial charge on any atom is 0.410 e. The highest BCUT2D eigenvalue weighted by molar-refractivity contribution is 5.72. The second-order valence-electron chi connectivity index (χ2n) is 8.68. The molecule has 0 aliphatic carbocycles. The molecule has 192 valence electrons. The van der Waals surface area contributed by atoms with E-state index in [-0.39, 0.29) is 25.5 Å². The predicted octanol–water partition coefficient (Wildman–Crippen LogP) is 5.31. The predicted molar refractivity (Wildman–Crippen MR) is 131 cm³/mol. The van der Waals surface area contributed by atoms with Crippen molar-refractivity contribution in [2.45, 2.75) is 52.7 Å². The van der Waals surface area contributed by atoms with Gasteiger partial charge in [-0.25, -0.2) is 14.0 Å². The summed E-state index contributed by atoms with van der Waals surface area (Å²) in [4.78, 5) is 25.6.